The Hall–Kier alpha value is -2.62. The molecular weight excluding hydrogens is 312 g/mol. The maximum atomic E-state index is 10.9. The first-order valence-electron chi connectivity index (χ1n) is 8.80. The van der Waals surface area contributed by atoms with Crippen molar-refractivity contribution in [2.75, 3.05) is 4.90 Å². The molecule has 0 fully saturated rings. The molecule has 0 unspecified atom stereocenters. The molecule has 0 aliphatic carbocycles. The topological polar surface area (TPSA) is 46.4 Å². The Labute approximate surface area is 148 Å². The molecule has 1 heterocycles. The van der Waals surface area contributed by atoms with Crippen molar-refractivity contribution in [2.24, 2.45) is 0 Å². The van der Waals surface area contributed by atoms with E-state index in [-0.39, 0.29) is 16.1 Å². The van der Waals surface area contributed by atoms with Crippen LogP contribution in [0, 0.1) is 10.1 Å². The molecule has 0 amide bonds. The zero-order valence-corrected chi connectivity index (χ0v) is 15.0. The van der Waals surface area contributed by atoms with Crippen molar-refractivity contribution >= 4 is 16.9 Å². The summed E-state index contributed by atoms with van der Waals surface area (Å²) in [5, 5.41) is 10.9. The van der Waals surface area contributed by atoms with E-state index in [4.69, 9.17) is 0 Å². The molecule has 4 heteroatoms. The summed E-state index contributed by atoms with van der Waals surface area (Å²) in [4.78, 5) is 12.9. The molecule has 3 rings (SSSR count). The number of nitrogens with zero attached hydrogens (tertiary/aromatic N) is 2. The maximum Gasteiger partial charge on any atom is 0.269 e. The van der Waals surface area contributed by atoms with E-state index in [2.05, 4.69) is 56.0 Å². The van der Waals surface area contributed by atoms with E-state index >= 15 is 0 Å². The van der Waals surface area contributed by atoms with E-state index in [1.807, 2.05) is 12.1 Å². The van der Waals surface area contributed by atoms with E-state index in [0.717, 1.165) is 24.9 Å². The van der Waals surface area contributed by atoms with Crippen molar-refractivity contribution in [3.8, 4) is 0 Å². The summed E-state index contributed by atoms with van der Waals surface area (Å²) >= 11 is 0. The molecule has 25 heavy (non-hydrogen) atoms. The number of fused-ring (bicyclic) bond motifs is 1. The predicted molar refractivity (Wildman–Crippen MR) is 103 cm³/mol. The Bertz CT molecular complexity index is 811. The van der Waals surface area contributed by atoms with Gasteiger partial charge in [0.15, 0.2) is 0 Å². The standard InChI is InChI=1S/C21H24N2O2/c1-4-17-14-21(3,5-2)22(20-9-7-6-8-19(17)20)15-16-10-12-18(13-11-16)23(24)25/h6-14H,4-5,15H2,1-3H3/t21-/m0/s1. The Morgan fingerprint density at radius 2 is 1.76 bits per heavy atom. The van der Waals surface area contributed by atoms with Crippen LogP contribution in [0.1, 0.15) is 44.7 Å². The van der Waals surface area contributed by atoms with E-state index in [1.54, 1.807) is 12.1 Å². The third-order valence-corrected chi connectivity index (χ3v) is 5.23. The lowest BCUT2D eigenvalue weighted by Crippen LogP contribution is -2.46. The van der Waals surface area contributed by atoms with Crippen LogP contribution in [0.15, 0.2) is 54.6 Å². The lowest BCUT2D eigenvalue weighted by Gasteiger charge is -2.45. The number of benzene rings is 2. The van der Waals surface area contributed by atoms with Crippen molar-refractivity contribution < 1.29 is 4.92 Å². The van der Waals surface area contributed by atoms with Gasteiger partial charge in [0.05, 0.1) is 10.5 Å². The molecule has 1 atom stereocenters. The van der Waals surface area contributed by atoms with Crippen LogP contribution in [0.5, 0.6) is 0 Å². The Morgan fingerprint density at radius 3 is 2.36 bits per heavy atom. The average molecular weight is 336 g/mol. The third-order valence-electron chi connectivity index (χ3n) is 5.23. The molecular formula is C21H24N2O2. The molecule has 0 saturated carbocycles. The Balaban J connectivity index is 2.01. The van der Waals surface area contributed by atoms with Gasteiger partial charge in [-0.05, 0) is 37.0 Å². The normalized spacial score (nSPS) is 19.3. The van der Waals surface area contributed by atoms with Crippen molar-refractivity contribution in [3.63, 3.8) is 0 Å². The number of anilines is 1. The highest BCUT2D eigenvalue weighted by molar-refractivity contribution is 5.82. The van der Waals surface area contributed by atoms with Crippen LogP contribution in [0.2, 0.25) is 0 Å². The highest BCUT2D eigenvalue weighted by atomic mass is 16.6. The van der Waals surface area contributed by atoms with Crippen LogP contribution in [-0.4, -0.2) is 10.5 Å². The van der Waals surface area contributed by atoms with Gasteiger partial charge in [-0.2, -0.15) is 0 Å². The van der Waals surface area contributed by atoms with Gasteiger partial charge in [-0.15, -0.1) is 0 Å². The summed E-state index contributed by atoms with van der Waals surface area (Å²) in [6.07, 6.45) is 4.40. The highest BCUT2D eigenvalue weighted by Crippen LogP contribution is 2.42. The van der Waals surface area contributed by atoms with E-state index in [1.165, 1.54) is 16.8 Å². The second kappa shape index (κ2) is 6.71. The number of nitro groups is 1. The van der Waals surface area contributed by atoms with Gasteiger partial charge < -0.3 is 4.90 Å². The summed E-state index contributed by atoms with van der Waals surface area (Å²) in [5.74, 6) is 0. The molecule has 0 spiro atoms. The lowest BCUT2D eigenvalue weighted by atomic mass is 9.84. The fourth-order valence-electron chi connectivity index (χ4n) is 3.54. The minimum atomic E-state index is -0.355. The second-order valence-corrected chi connectivity index (χ2v) is 6.76. The number of nitro benzene ring substituents is 1. The van der Waals surface area contributed by atoms with E-state index in [9.17, 15) is 10.1 Å². The summed E-state index contributed by atoms with van der Waals surface area (Å²) in [7, 11) is 0. The maximum absolute atomic E-state index is 10.9. The number of para-hydroxylation sites is 1. The molecule has 1 aliphatic heterocycles. The smallest absolute Gasteiger partial charge is 0.269 e. The number of allylic oxidation sites excluding steroid dienone is 1. The molecule has 0 bridgehead atoms. The molecule has 130 valence electrons. The number of non-ortho nitro benzene ring substituents is 1. The van der Waals surface area contributed by atoms with Crippen LogP contribution in [0.25, 0.3) is 5.57 Å². The molecule has 0 saturated heterocycles. The molecule has 1 aliphatic rings. The monoisotopic (exact) mass is 336 g/mol. The largest absolute Gasteiger partial charge is 0.358 e. The quantitative estimate of drug-likeness (QED) is 0.529. The van der Waals surface area contributed by atoms with Crippen LogP contribution in [-0.2, 0) is 6.54 Å². The first-order valence-corrected chi connectivity index (χ1v) is 8.80. The molecule has 2 aromatic carbocycles. The molecule has 0 N–H and O–H groups in total. The van der Waals surface area contributed by atoms with Gasteiger partial charge in [0.2, 0.25) is 0 Å². The van der Waals surface area contributed by atoms with Crippen LogP contribution in [0.4, 0.5) is 11.4 Å². The van der Waals surface area contributed by atoms with Gasteiger partial charge in [-0.3, -0.25) is 10.1 Å². The average Bonchev–Trinajstić information content (AvgIpc) is 2.64. The zero-order valence-electron chi connectivity index (χ0n) is 15.0. The second-order valence-electron chi connectivity index (χ2n) is 6.76. The van der Waals surface area contributed by atoms with Crippen molar-refractivity contribution in [3.05, 3.63) is 75.8 Å². The molecule has 2 aromatic rings. The SMILES string of the molecule is CCC1=C[C@](C)(CC)N(Cc2ccc([N+](=O)[O-])cc2)c2ccccc21. The molecule has 0 aromatic heterocycles. The van der Waals surface area contributed by atoms with Gasteiger partial charge in [-0.25, -0.2) is 0 Å². The lowest BCUT2D eigenvalue weighted by molar-refractivity contribution is -0.384. The fraction of sp³-hybridized carbons (Fsp3) is 0.333. The van der Waals surface area contributed by atoms with Gasteiger partial charge in [0.25, 0.3) is 5.69 Å². The predicted octanol–water partition coefficient (Wildman–Crippen LogP) is 5.58. The van der Waals surface area contributed by atoms with Crippen molar-refractivity contribution in [1.29, 1.82) is 0 Å². The summed E-state index contributed by atoms with van der Waals surface area (Å²) in [6.45, 7) is 7.40. The molecule has 0 radical (unpaired) electrons. The third kappa shape index (κ3) is 3.16. The van der Waals surface area contributed by atoms with E-state index in [0.29, 0.717) is 0 Å². The van der Waals surface area contributed by atoms with Gasteiger partial charge in [0, 0.05) is 29.9 Å². The summed E-state index contributed by atoms with van der Waals surface area (Å²) < 4.78 is 0. The van der Waals surface area contributed by atoms with Crippen LogP contribution >= 0.6 is 0 Å². The van der Waals surface area contributed by atoms with Crippen molar-refractivity contribution in [1.82, 2.24) is 0 Å². The van der Waals surface area contributed by atoms with Crippen LogP contribution in [0.3, 0.4) is 0 Å². The number of hydrogen-bond donors (Lipinski definition) is 0. The first-order chi connectivity index (χ1) is 12.0. The van der Waals surface area contributed by atoms with Gasteiger partial charge >= 0.3 is 0 Å². The zero-order chi connectivity index (χ0) is 18.0. The van der Waals surface area contributed by atoms with Crippen molar-refractivity contribution in [2.45, 2.75) is 45.7 Å². The summed E-state index contributed by atoms with van der Waals surface area (Å²) in [6, 6.07) is 15.4. The summed E-state index contributed by atoms with van der Waals surface area (Å²) in [5.41, 5.74) is 5.06. The first kappa shape index (κ1) is 17.2. The minimum absolute atomic E-state index is 0.0680. The van der Waals surface area contributed by atoms with Crippen LogP contribution < -0.4 is 4.90 Å². The minimum Gasteiger partial charge on any atom is -0.358 e. The fourth-order valence-corrected chi connectivity index (χ4v) is 3.54. The number of rotatable bonds is 5. The van der Waals surface area contributed by atoms with E-state index < -0.39 is 0 Å². The highest BCUT2D eigenvalue weighted by Gasteiger charge is 2.34. The van der Waals surface area contributed by atoms with Gasteiger partial charge in [-0.1, -0.05) is 50.3 Å². The Morgan fingerprint density at radius 1 is 1.08 bits per heavy atom. The van der Waals surface area contributed by atoms with Gasteiger partial charge in [0.1, 0.15) is 0 Å². The Kier molecular flexibility index (Phi) is 4.62. The molecule has 4 nitrogen and oxygen atoms in total. The number of hydrogen-bond acceptors (Lipinski definition) is 3.